The van der Waals surface area contributed by atoms with Crippen LogP contribution in [0.1, 0.15) is 24.8 Å². The molecule has 2 heteroatoms. The molecular formula is C14H17N2. The lowest BCUT2D eigenvalue weighted by Gasteiger charge is -2.26. The molecule has 0 aromatic heterocycles. The fourth-order valence-electron chi connectivity index (χ4n) is 2.56. The average Bonchev–Trinajstić information content (AvgIpc) is 2.74. The molecule has 2 aliphatic heterocycles. The van der Waals surface area contributed by atoms with Crippen molar-refractivity contribution in [1.29, 1.82) is 0 Å². The van der Waals surface area contributed by atoms with Crippen molar-refractivity contribution >= 4 is 11.3 Å². The van der Waals surface area contributed by atoms with Crippen molar-refractivity contribution < 1.29 is 0 Å². The predicted molar refractivity (Wildman–Crippen MR) is 66.5 cm³/mol. The van der Waals surface area contributed by atoms with Gasteiger partial charge in [0.25, 0.3) is 0 Å². The van der Waals surface area contributed by atoms with Crippen LogP contribution in [0.25, 0.3) is 5.57 Å². The fraction of sp³-hybridized carbons (Fsp3) is 0.429. The van der Waals surface area contributed by atoms with Crippen molar-refractivity contribution in [2.75, 3.05) is 19.6 Å². The smallest absolute Gasteiger partial charge is 0.0705 e. The number of likely N-dealkylation sites (tertiary alicyclic amines) is 1. The SMILES string of the molecule is C1=C(CN2CCCCC2)c2ccccc2[N]1. The lowest BCUT2D eigenvalue weighted by molar-refractivity contribution is 0.255. The van der Waals surface area contributed by atoms with Crippen molar-refractivity contribution in [2.24, 2.45) is 0 Å². The summed E-state index contributed by atoms with van der Waals surface area (Å²) in [5, 5.41) is 4.46. The Bertz CT molecular complexity index is 403. The topological polar surface area (TPSA) is 17.3 Å². The van der Waals surface area contributed by atoms with E-state index in [1.807, 2.05) is 6.20 Å². The van der Waals surface area contributed by atoms with Gasteiger partial charge >= 0.3 is 0 Å². The molecule has 1 aromatic rings. The van der Waals surface area contributed by atoms with E-state index in [0.717, 1.165) is 12.2 Å². The molecule has 0 unspecified atom stereocenters. The molecule has 0 aliphatic carbocycles. The number of para-hydroxylation sites is 1. The second-order valence-corrected chi connectivity index (χ2v) is 4.64. The van der Waals surface area contributed by atoms with Gasteiger partial charge in [-0.15, -0.1) is 0 Å². The van der Waals surface area contributed by atoms with Gasteiger partial charge in [-0.3, -0.25) is 10.2 Å². The lowest BCUT2D eigenvalue weighted by atomic mass is 10.1. The first kappa shape index (κ1) is 9.91. The minimum absolute atomic E-state index is 1.07. The number of piperidine rings is 1. The molecule has 2 aliphatic rings. The van der Waals surface area contributed by atoms with Crippen LogP contribution in [-0.4, -0.2) is 24.5 Å². The number of hydrogen-bond acceptors (Lipinski definition) is 1. The van der Waals surface area contributed by atoms with Gasteiger partial charge in [-0.25, -0.2) is 0 Å². The zero-order chi connectivity index (χ0) is 10.8. The molecule has 1 saturated heterocycles. The van der Waals surface area contributed by atoms with Crippen LogP contribution in [0.2, 0.25) is 0 Å². The van der Waals surface area contributed by atoms with Gasteiger partial charge in [0.05, 0.1) is 5.69 Å². The molecule has 1 fully saturated rings. The number of hydrogen-bond donors (Lipinski definition) is 0. The first-order chi connectivity index (χ1) is 7.93. The monoisotopic (exact) mass is 213 g/mol. The summed E-state index contributed by atoms with van der Waals surface area (Å²) in [6, 6.07) is 8.43. The molecule has 0 atom stereocenters. The quantitative estimate of drug-likeness (QED) is 0.738. The van der Waals surface area contributed by atoms with E-state index in [0.29, 0.717) is 0 Å². The molecule has 2 nitrogen and oxygen atoms in total. The number of nitrogens with zero attached hydrogens (tertiary/aromatic N) is 2. The summed E-state index contributed by atoms with van der Waals surface area (Å²) in [6.07, 6.45) is 6.15. The van der Waals surface area contributed by atoms with Gasteiger partial charge in [0.2, 0.25) is 0 Å². The molecule has 1 aromatic carbocycles. The minimum Gasteiger partial charge on any atom is -0.299 e. The van der Waals surface area contributed by atoms with E-state index in [1.165, 1.54) is 43.5 Å². The molecule has 1 radical (unpaired) electrons. The highest BCUT2D eigenvalue weighted by molar-refractivity contribution is 5.80. The highest BCUT2D eigenvalue weighted by atomic mass is 15.1. The van der Waals surface area contributed by atoms with Crippen LogP contribution < -0.4 is 5.32 Å². The lowest BCUT2D eigenvalue weighted by Crippen LogP contribution is -2.30. The Hall–Kier alpha value is -1.28. The van der Waals surface area contributed by atoms with Crippen LogP contribution >= 0.6 is 0 Å². The Morgan fingerprint density at radius 1 is 1.06 bits per heavy atom. The van der Waals surface area contributed by atoms with Crippen molar-refractivity contribution in [2.45, 2.75) is 19.3 Å². The number of benzene rings is 1. The summed E-state index contributed by atoms with van der Waals surface area (Å²) in [6.45, 7) is 3.57. The zero-order valence-corrected chi connectivity index (χ0v) is 9.52. The van der Waals surface area contributed by atoms with Gasteiger partial charge < -0.3 is 0 Å². The van der Waals surface area contributed by atoms with E-state index in [-0.39, 0.29) is 0 Å². The van der Waals surface area contributed by atoms with E-state index < -0.39 is 0 Å². The Morgan fingerprint density at radius 3 is 2.75 bits per heavy atom. The third-order valence-corrected chi connectivity index (χ3v) is 3.45. The molecule has 0 amide bonds. The summed E-state index contributed by atoms with van der Waals surface area (Å²) in [5.41, 5.74) is 3.85. The highest BCUT2D eigenvalue weighted by Gasteiger charge is 2.18. The van der Waals surface area contributed by atoms with Crippen LogP contribution in [-0.2, 0) is 0 Å². The van der Waals surface area contributed by atoms with Crippen LogP contribution in [0.15, 0.2) is 30.5 Å². The van der Waals surface area contributed by atoms with Crippen molar-refractivity contribution in [3.05, 3.63) is 36.0 Å². The van der Waals surface area contributed by atoms with Crippen molar-refractivity contribution in [3.8, 4) is 0 Å². The third-order valence-electron chi connectivity index (χ3n) is 3.45. The molecule has 2 heterocycles. The normalized spacial score (nSPS) is 20.1. The second-order valence-electron chi connectivity index (χ2n) is 4.64. The van der Waals surface area contributed by atoms with E-state index in [9.17, 15) is 0 Å². The minimum atomic E-state index is 1.07. The summed E-state index contributed by atoms with van der Waals surface area (Å²) < 4.78 is 0. The summed E-state index contributed by atoms with van der Waals surface area (Å²) >= 11 is 0. The van der Waals surface area contributed by atoms with Gasteiger partial charge in [-0.1, -0.05) is 24.6 Å². The molecule has 0 saturated carbocycles. The largest absolute Gasteiger partial charge is 0.299 e. The molecule has 0 bridgehead atoms. The van der Waals surface area contributed by atoms with E-state index in [1.54, 1.807) is 0 Å². The number of rotatable bonds is 2. The Labute approximate surface area is 97.0 Å². The number of fused-ring (bicyclic) bond motifs is 1. The zero-order valence-electron chi connectivity index (χ0n) is 9.52. The van der Waals surface area contributed by atoms with E-state index in [4.69, 9.17) is 0 Å². The molecule has 0 spiro atoms. The van der Waals surface area contributed by atoms with E-state index in [2.05, 4.69) is 34.5 Å². The van der Waals surface area contributed by atoms with Crippen LogP contribution in [0, 0.1) is 0 Å². The third kappa shape index (κ3) is 1.85. The van der Waals surface area contributed by atoms with Crippen LogP contribution in [0.3, 0.4) is 0 Å². The molecule has 3 rings (SSSR count). The van der Waals surface area contributed by atoms with Gasteiger partial charge in [-0.05, 0) is 37.6 Å². The first-order valence-electron chi connectivity index (χ1n) is 6.15. The Balaban J connectivity index is 1.72. The van der Waals surface area contributed by atoms with Gasteiger partial charge in [0.1, 0.15) is 0 Å². The molecule has 0 N–H and O–H groups in total. The average molecular weight is 213 g/mol. The summed E-state index contributed by atoms with van der Waals surface area (Å²) in [5.74, 6) is 0. The predicted octanol–water partition coefficient (Wildman–Crippen LogP) is 2.76. The second kappa shape index (κ2) is 4.30. The van der Waals surface area contributed by atoms with Crippen LogP contribution in [0.4, 0.5) is 5.69 Å². The van der Waals surface area contributed by atoms with Gasteiger partial charge in [0, 0.05) is 18.3 Å². The van der Waals surface area contributed by atoms with Gasteiger partial charge in [-0.2, -0.15) is 0 Å². The van der Waals surface area contributed by atoms with Crippen molar-refractivity contribution in [3.63, 3.8) is 0 Å². The maximum Gasteiger partial charge on any atom is 0.0705 e. The standard InChI is InChI=1S/C14H17N2/c1-4-8-16(9-5-1)11-12-10-15-14-7-3-2-6-13(12)14/h2-3,6-7,10H,1,4-5,8-9,11H2. The highest BCUT2D eigenvalue weighted by Crippen LogP contribution is 2.30. The summed E-state index contributed by atoms with van der Waals surface area (Å²) in [4.78, 5) is 2.55. The fourth-order valence-corrected chi connectivity index (χ4v) is 2.56. The van der Waals surface area contributed by atoms with Crippen molar-refractivity contribution in [1.82, 2.24) is 10.2 Å². The van der Waals surface area contributed by atoms with Crippen LogP contribution in [0.5, 0.6) is 0 Å². The Kier molecular flexibility index (Phi) is 2.66. The summed E-state index contributed by atoms with van der Waals surface area (Å²) in [7, 11) is 0. The van der Waals surface area contributed by atoms with Gasteiger partial charge in [0.15, 0.2) is 0 Å². The first-order valence-corrected chi connectivity index (χ1v) is 6.15. The van der Waals surface area contributed by atoms with E-state index >= 15 is 0 Å². The maximum atomic E-state index is 4.46. The molecule has 16 heavy (non-hydrogen) atoms. The molecule has 83 valence electrons. The Morgan fingerprint density at radius 2 is 1.88 bits per heavy atom. The molecular weight excluding hydrogens is 196 g/mol. The maximum absolute atomic E-state index is 4.46.